The molecule has 1 aromatic rings. The Balaban J connectivity index is 0.000000321. The summed E-state index contributed by atoms with van der Waals surface area (Å²) in [5.41, 5.74) is 5.47. The molecule has 0 aliphatic carbocycles. The molecular weight excluding hydrogens is 389 g/mol. The van der Waals surface area contributed by atoms with Crippen LogP contribution >= 0.6 is 11.3 Å². The minimum atomic E-state index is -5.08. The molecule has 2 amide bonds. The first-order valence-corrected chi connectivity index (χ1v) is 9.02. The molecule has 1 unspecified atom stereocenters. The lowest BCUT2D eigenvalue weighted by Crippen LogP contribution is -2.45. The third-order valence-corrected chi connectivity index (χ3v) is 5.12. The third-order valence-electron chi connectivity index (χ3n) is 4.35. The van der Waals surface area contributed by atoms with E-state index in [4.69, 9.17) is 20.4 Å². The molecule has 1 atom stereocenters. The topological polar surface area (TPSA) is 109 Å². The van der Waals surface area contributed by atoms with E-state index in [1.54, 1.807) is 16.2 Å². The first-order chi connectivity index (χ1) is 12.6. The average Bonchev–Trinajstić information content (AvgIpc) is 3.15. The number of halogens is 3. The maximum atomic E-state index is 11.5. The molecule has 2 aliphatic heterocycles. The van der Waals surface area contributed by atoms with E-state index in [1.165, 1.54) is 0 Å². The molecular formula is C15H21F3N4O4S. The van der Waals surface area contributed by atoms with Gasteiger partial charge in [0.1, 0.15) is 5.01 Å². The number of thiazole rings is 1. The molecule has 3 rings (SSSR count). The zero-order valence-electron chi connectivity index (χ0n) is 14.4. The van der Waals surface area contributed by atoms with Crippen LogP contribution in [0.15, 0.2) is 11.6 Å². The second-order valence-electron chi connectivity index (χ2n) is 6.50. The average molecular weight is 410 g/mol. The summed E-state index contributed by atoms with van der Waals surface area (Å²) < 4.78 is 37.4. The zero-order chi connectivity index (χ0) is 20.1. The van der Waals surface area contributed by atoms with Gasteiger partial charge in [-0.2, -0.15) is 13.2 Å². The number of carboxylic acids is 1. The highest BCUT2D eigenvalue weighted by molar-refractivity contribution is 7.09. The Morgan fingerprint density at radius 3 is 2.63 bits per heavy atom. The van der Waals surface area contributed by atoms with E-state index >= 15 is 0 Å². The van der Waals surface area contributed by atoms with Crippen LogP contribution in [0.4, 0.5) is 18.0 Å². The fraction of sp³-hybridized carbons (Fsp3) is 0.667. The quantitative estimate of drug-likeness (QED) is 0.763. The highest BCUT2D eigenvalue weighted by atomic mass is 32.1. The van der Waals surface area contributed by atoms with Crippen LogP contribution in [0.25, 0.3) is 0 Å². The maximum Gasteiger partial charge on any atom is 0.490 e. The van der Waals surface area contributed by atoms with Gasteiger partial charge in [0.05, 0.1) is 19.8 Å². The predicted octanol–water partition coefficient (Wildman–Crippen LogP) is 1.38. The van der Waals surface area contributed by atoms with Crippen molar-refractivity contribution in [2.45, 2.75) is 19.1 Å². The molecule has 0 radical (unpaired) electrons. The van der Waals surface area contributed by atoms with Gasteiger partial charge < -0.3 is 20.5 Å². The first kappa shape index (κ1) is 21.4. The Hall–Kier alpha value is -1.92. The second-order valence-corrected chi connectivity index (χ2v) is 7.48. The number of hydrogen-bond donors (Lipinski definition) is 2. The fourth-order valence-electron chi connectivity index (χ4n) is 3.11. The van der Waals surface area contributed by atoms with Gasteiger partial charge in [0, 0.05) is 36.6 Å². The van der Waals surface area contributed by atoms with E-state index in [1.807, 2.05) is 11.6 Å². The molecule has 2 fully saturated rings. The van der Waals surface area contributed by atoms with Crippen molar-refractivity contribution in [2.24, 2.45) is 11.1 Å². The summed E-state index contributed by atoms with van der Waals surface area (Å²) in [6.45, 7) is 5.45. The normalized spacial score (nSPS) is 23.6. The van der Waals surface area contributed by atoms with E-state index in [0.29, 0.717) is 26.3 Å². The minimum Gasteiger partial charge on any atom is -0.475 e. The molecule has 0 saturated carbocycles. The van der Waals surface area contributed by atoms with Gasteiger partial charge in [-0.05, 0) is 13.0 Å². The fourth-order valence-corrected chi connectivity index (χ4v) is 3.77. The number of carbonyl (C=O) groups excluding carboxylic acids is 1. The van der Waals surface area contributed by atoms with Gasteiger partial charge in [0.15, 0.2) is 0 Å². The van der Waals surface area contributed by atoms with E-state index < -0.39 is 12.1 Å². The van der Waals surface area contributed by atoms with Gasteiger partial charge in [-0.1, -0.05) is 0 Å². The molecule has 0 bridgehead atoms. The Morgan fingerprint density at radius 1 is 1.37 bits per heavy atom. The van der Waals surface area contributed by atoms with Gasteiger partial charge in [-0.15, -0.1) is 11.3 Å². The van der Waals surface area contributed by atoms with Crippen LogP contribution in [0.1, 0.15) is 11.4 Å². The SMILES string of the molecule is NC(=O)N1CCOCC2(CCN(Cc3nccs3)C2)C1.O=C(O)C(F)(F)F. The van der Waals surface area contributed by atoms with E-state index in [0.717, 1.165) is 31.1 Å². The largest absolute Gasteiger partial charge is 0.490 e. The molecule has 2 aliphatic rings. The van der Waals surface area contributed by atoms with Crippen molar-refractivity contribution in [1.82, 2.24) is 14.8 Å². The number of rotatable bonds is 2. The van der Waals surface area contributed by atoms with Crippen LogP contribution in [0.3, 0.4) is 0 Å². The summed E-state index contributed by atoms with van der Waals surface area (Å²) >= 11 is 1.69. The Bertz CT molecular complexity index is 644. The number of carbonyl (C=O) groups is 2. The number of ether oxygens (including phenoxy) is 1. The van der Waals surface area contributed by atoms with E-state index in [-0.39, 0.29) is 11.4 Å². The smallest absolute Gasteiger partial charge is 0.475 e. The number of hydrogen-bond acceptors (Lipinski definition) is 6. The number of amides is 2. The number of nitrogens with zero attached hydrogens (tertiary/aromatic N) is 3. The molecule has 12 heteroatoms. The lowest BCUT2D eigenvalue weighted by Gasteiger charge is -2.31. The molecule has 27 heavy (non-hydrogen) atoms. The van der Waals surface area contributed by atoms with E-state index in [2.05, 4.69) is 9.88 Å². The van der Waals surface area contributed by atoms with E-state index in [9.17, 15) is 18.0 Å². The molecule has 1 spiro atoms. The third kappa shape index (κ3) is 6.33. The predicted molar refractivity (Wildman–Crippen MR) is 90.1 cm³/mol. The van der Waals surface area contributed by atoms with Crippen molar-refractivity contribution in [3.8, 4) is 0 Å². The number of carboxylic acid groups (broad SMARTS) is 1. The van der Waals surface area contributed by atoms with Gasteiger partial charge in [-0.3, -0.25) is 4.90 Å². The standard InChI is InChI=1S/C13H20N4O2S.C2HF3O2/c14-12(18)17-4-5-19-10-13(9-17)1-3-16(8-13)7-11-15-2-6-20-11;3-2(4,5)1(6)7/h2,6H,1,3-5,7-10H2,(H2,14,18);(H,6,7). The molecule has 0 aromatic carbocycles. The van der Waals surface area contributed by atoms with Crippen molar-refractivity contribution in [2.75, 3.05) is 39.4 Å². The van der Waals surface area contributed by atoms with Crippen LogP contribution in [0, 0.1) is 5.41 Å². The van der Waals surface area contributed by atoms with Gasteiger partial charge >= 0.3 is 18.2 Å². The highest BCUT2D eigenvalue weighted by Crippen LogP contribution is 2.34. The molecule has 3 heterocycles. The molecule has 8 nitrogen and oxygen atoms in total. The summed E-state index contributed by atoms with van der Waals surface area (Å²) in [4.78, 5) is 28.8. The Morgan fingerprint density at radius 2 is 2.07 bits per heavy atom. The van der Waals surface area contributed by atoms with Crippen molar-refractivity contribution in [1.29, 1.82) is 0 Å². The van der Waals surface area contributed by atoms with Gasteiger partial charge in [0.25, 0.3) is 0 Å². The number of aliphatic carboxylic acids is 1. The number of aromatic nitrogens is 1. The molecule has 3 N–H and O–H groups in total. The number of urea groups is 1. The number of alkyl halides is 3. The van der Waals surface area contributed by atoms with Gasteiger partial charge in [0.2, 0.25) is 0 Å². The molecule has 2 saturated heterocycles. The number of nitrogens with two attached hydrogens (primary N) is 1. The summed E-state index contributed by atoms with van der Waals surface area (Å²) in [5.74, 6) is -2.76. The van der Waals surface area contributed by atoms with Crippen LogP contribution in [0.5, 0.6) is 0 Å². The van der Waals surface area contributed by atoms with Crippen LogP contribution in [-0.2, 0) is 16.1 Å². The van der Waals surface area contributed by atoms with Crippen molar-refractivity contribution >= 4 is 23.3 Å². The molecule has 152 valence electrons. The zero-order valence-corrected chi connectivity index (χ0v) is 15.3. The second kappa shape index (κ2) is 8.85. The Labute approximate surface area is 157 Å². The number of primary amides is 1. The van der Waals surface area contributed by atoms with Crippen molar-refractivity contribution < 1.29 is 32.6 Å². The minimum absolute atomic E-state index is 0.0305. The van der Waals surface area contributed by atoms with Gasteiger partial charge in [-0.25, -0.2) is 14.6 Å². The highest BCUT2D eigenvalue weighted by Gasteiger charge is 2.42. The lowest BCUT2D eigenvalue weighted by atomic mass is 9.87. The van der Waals surface area contributed by atoms with Crippen molar-refractivity contribution in [3.63, 3.8) is 0 Å². The summed E-state index contributed by atoms with van der Waals surface area (Å²) in [5, 5.41) is 10.3. The maximum absolute atomic E-state index is 11.5. The Kier molecular flexibility index (Phi) is 7.00. The summed E-state index contributed by atoms with van der Waals surface area (Å²) in [7, 11) is 0. The van der Waals surface area contributed by atoms with Crippen molar-refractivity contribution in [3.05, 3.63) is 16.6 Å². The molecule has 1 aromatic heterocycles. The first-order valence-electron chi connectivity index (χ1n) is 8.14. The number of likely N-dealkylation sites (tertiary alicyclic amines) is 1. The lowest BCUT2D eigenvalue weighted by molar-refractivity contribution is -0.192. The summed E-state index contributed by atoms with van der Waals surface area (Å²) in [6.07, 6.45) is -2.20. The summed E-state index contributed by atoms with van der Waals surface area (Å²) in [6, 6.07) is -0.340. The monoisotopic (exact) mass is 410 g/mol. The van der Waals surface area contributed by atoms with Crippen LogP contribution < -0.4 is 5.73 Å². The van der Waals surface area contributed by atoms with Crippen LogP contribution in [0.2, 0.25) is 0 Å². The van der Waals surface area contributed by atoms with Crippen LogP contribution in [-0.4, -0.2) is 77.5 Å².